The van der Waals surface area contributed by atoms with E-state index >= 15 is 0 Å². The zero-order valence-electron chi connectivity index (χ0n) is 14.3. The molecule has 134 valence electrons. The molecule has 1 aliphatic carbocycles. The van der Waals surface area contributed by atoms with Gasteiger partial charge in [-0.15, -0.1) is 6.58 Å². The third-order valence-electron chi connectivity index (χ3n) is 4.05. The van der Waals surface area contributed by atoms with Crippen LogP contribution in [0.1, 0.15) is 44.7 Å². The van der Waals surface area contributed by atoms with Gasteiger partial charge in [0.1, 0.15) is 0 Å². The minimum absolute atomic E-state index is 0.00798. The second kappa shape index (κ2) is 8.12. The van der Waals surface area contributed by atoms with E-state index in [-0.39, 0.29) is 17.4 Å². The van der Waals surface area contributed by atoms with Crippen molar-refractivity contribution < 1.29 is 17.5 Å². The van der Waals surface area contributed by atoms with Crippen molar-refractivity contribution in [1.29, 1.82) is 0 Å². The van der Waals surface area contributed by atoms with Crippen molar-refractivity contribution in [2.24, 2.45) is 11.8 Å². The fourth-order valence-corrected chi connectivity index (χ4v) is 3.79. The van der Waals surface area contributed by atoms with Gasteiger partial charge in [0.2, 0.25) is 10.0 Å². The van der Waals surface area contributed by atoms with Crippen LogP contribution in [0.15, 0.2) is 30.9 Å². The standard InChI is InChI=1S/C18H26FNO3S/c1-4-5-10-24(21,22)20-18(13(2)3)15-8-9-16(19)17(11-15)23-12-14-6-7-14/h4,8-9,11,13-14,18,20H,1,5-7,10,12H2,2-3H3. The first-order valence-corrected chi connectivity index (χ1v) is 10.0. The van der Waals surface area contributed by atoms with Crippen LogP contribution in [0.5, 0.6) is 5.75 Å². The summed E-state index contributed by atoms with van der Waals surface area (Å²) in [6.07, 6.45) is 4.21. The Balaban J connectivity index is 2.17. The van der Waals surface area contributed by atoms with Gasteiger partial charge in [0.15, 0.2) is 11.6 Å². The molecule has 0 saturated heterocycles. The van der Waals surface area contributed by atoms with Gasteiger partial charge in [-0.3, -0.25) is 0 Å². The molecule has 0 heterocycles. The summed E-state index contributed by atoms with van der Waals surface area (Å²) < 4.78 is 46.6. The summed E-state index contributed by atoms with van der Waals surface area (Å²) in [4.78, 5) is 0. The van der Waals surface area contributed by atoms with E-state index in [0.29, 0.717) is 24.5 Å². The van der Waals surface area contributed by atoms with Crippen LogP contribution >= 0.6 is 0 Å². The molecule has 0 aromatic heterocycles. The van der Waals surface area contributed by atoms with Crippen molar-refractivity contribution >= 4 is 10.0 Å². The Labute approximate surface area is 144 Å². The van der Waals surface area contributed by atoms with Crippen molar-refractivity contribution in [3.8, 4) is 5.75 Å². The summed E-state index contributed by atoms with van der Waals surface area (Å²) in [5, 5.41) is 0. The number of benzene rings is 1. The van der Waals surface area contributed by atoms with E-state index in [2.05, 4.69) is 11.3 Å². The monoisotopic (exact) mass is 355 g/mol. The van der Waals surface area contributed by atoms with Crippen molar-refractivity contribution in [2.75, 3.05) is 12.4 Å². The number of halogens is 1. The Hall–Kier alpha value is -1.40. The fourth-order valence-electron chi connectivity index (χ4n) is 2.40. The quantitative estimate of drug-likeness (QED) is 0.649. The van der Waals surface area contributed by atoms with Crippen LogP contribution in [0, 0.1) is 17.7 Å². The fraction of sp³-hybridized carbons (Fsp3) is 0.556. The lowest BCUT2D eigenvalue weighted by Crippen LogP contribution is -2.33. The molecule has 0 radical (unpaired) electrons. The Morgan fingerprint density at radius 3 is 2.71 bits per heavy atom. The summed E-state index contributed by atoms with van der Waals surface area (Å²) in [5.41, 5.74) is 0.708. The number of sulfonamides is 1. The molecule has 1 aliphatic rings. The van der Waals surface area contributed by atoms with Crippen LogP contribution in [0.2, 0.25) is 0 Å². The first-order valence-electron chi connectivity index (χ1n) is 8.35. The molecule has 1 saturated carbocycles. The average molecular weight is 355 g/mol. The second-order valence-corrected chi connectivity index (χ2v) is 8.55. The highest BCUT2D eigenvalue weighted by molar-refractivity contribution is 7.89. The van der Waals surface area contributed by atoms with E-state index in [0.717, 1.165) is 12.8 Å². The van der Waals surface area contributed by atoms with Gasteiger partial charge in [-0.25, -0.2) is 17.5 Å². The third kappa shape index (κ3) is 5.60. The van der Waals surface area contributed by atoms with E-state index in [1.807, 2.05) is 13.8 Å². The Bertz CT molecular complexity index is 669. The van der Waals surface area contributed by atoms with Gasteiger partial charge in [-0.2, -0.15) is 0 Å². The van der Waals surface area contributed by atoms with Crippen LogP contribution in [0.4, 0.5) is 4.39 Å². The van der Waals surface area contributed by atoms with E-state index in [1.54, 1.807) is 18.2 Å². The van der Waals surface area contributed by atoms with E-state index in [9.17, 15) is 12.8 Å². The Morgan fingerprint density at radius 1 is 1.42 bits per heavy atom. The SMILES string of the molecule is C=CCCS(=O)(=O)NC(c1ccc(F)c(OCC2CC2)c1)C(C)C. The van der Waals surface area contributed by atoms with Gasteiger partial charge >= 0.3 is 0 Å². The molecule has 0 aliphatic heterocycles. The zero-order valence-corrected chi connectivity index (χ0v) is 15.1. The normalized spacial score (nSPS) is 16.2. The van der Waals surface area contributed by atoms with Gasteiger partial charge in [-0.05, 0) is 48.8 Å². The maximum absolute atomic E-state index is 13.9. The Morgan fingerprint density at radius 2 is 2.12 bits per heavy atom. The molecule has 1 unspecified atom stereocenters. The molecule has 4 nitrogen and oxygen atoms in total. The van der Waals surface area contributed by atoms with Crippen LogP contribution in [0.25, 0.3) is 0 Å². The number of rotatable bonds is 10. The van der Waals surface area contributed by atoms with Gasteiger partial charge in [0.25, 0.3) is 0 Å². The van der Waals surface area contributed by atoms with Crippen LogP contribution in [0.3, 0.4) is 0 Å². The van der Waals surface area contributed by atoms with Crippen molar-refractivity contribution in [2.45, 2.75) is 39.2 Å². The van der Waals surface area contributed by atoms with Crippen molar-refractivity contribution in [1.82, 2.24) is 4.72 Å². The predicted octanol–water partition coefficient (Wildman–Crippen LogP) is 3.81. The molecular formula is C18H26FNO3S. The molecular weight excluding hydrogens is 329 g/mol. The molecule has 6 heteroatoms. The van der Waals surface area contributed by atoms with Gasteiger partial charge in [-0.1, -0.05) is 26.0 Å². The number of hydrogen-bond donors (Lipinski definition) is 1. The Kier molecular flexibility index (Phi) is 6.40. The highest BCUT2D eigenvalue weighted by atomic mass is 32.2. The van der Waals surface area contributed by atoms with Gasteiger partial charge in [0, 0.05) is 6.04 Å². The number of hydrogen-bond acceptors (Lipinski definition) is 3. The highest BCUT2D eigenvalue weighted by Crippen LogP contribution is 2.32. The molecule has 0 bridgehead atoms. The first-order chi connectivity index (χ1) is 11.3. The van der Waals surface area contributed by atoms with E-state index in [4.69, 9.17) is 4.74 Å². The summed E-state index contributed by atoms with van der Waals surface area (Å²) >= 11 is 0. The lowest BCUT2D eigenvalue weighted by Gasteiger charge is -2.23. The highest BCUT2D eigenvalue weighted by Gasteiger charge is 2.25. The molecule has 24 heavy (non-hydrogen) atoms. The van der Waals surface area contributed by atoms with Gasteiger partial charge < -0.3 is 4.74 Å². The first kappa shape index (κ1) is 18.9. The van der Waals surface area contributed by atoms with E-state index < -0.39 is 21.9 Å². The number of allylic oxidation sites excluding steroid dienone is 1. The number of ether oxygens (including phenoxy) is 1. The second-order valence-electron chi connectivity index (χ2n) is 6.68. The summed E-state index contributed by atoms with van der Waals surface area (Å²) in [6.45, 7) is 7.91. The lowest BCUT2D eigenvalue weighted by atomic mass is 9.97. The summed E-state index contributed by atoms with van der Waals surface area (Å²) in [7, 11) is -3.43. The zero-order chi connectivity index (χ0) is 17.7. The maximum Gasteiger partial charge on any atom is 0.212 e. The smallest absolute Gasteiger partial charge is 0.212 e. The topological polar surface area (TPSA) is 55.4 Å². The largest absolute Gasteiger partial charge is 0.490 e. The van der Waals surface area contributed by atoms with Crippen LogP contribution in [-0.4, -0.2) is 20.8 Å². The van der Waals surface area contributed by atoms with Crippen LogP contribution in [-0.2, 0) is 10.0 Å². The molecule has 1 N–H and O–H groups in total. The minimum atomic E-state index is -3.43. The van der Waals surface area contributed by atoms with Crippen molar-refractivity contribution in [3.63, 3.8) is 0 Å². The summed E-state index contributed by atoms with van der Waals surface area (Å²) in [5.74, 6) is 0.301. The minimum Gasteiger partial charge on any atom is -0.490 e. The average Bonchev–Trinajstić information content (AvgIpc) is 3.34. The van der Waals surface area contributed by atoms with E-state index in [1.165, 1.54) is 6.07 Å². The lowest BCUT2D eigenvalue weighted by molar-refractivity contribution is 0.284. The molecule has 0 spiro atoms. The molecule has 2 rings (SSSR count). The third-order valence-corrected chi connectivity index (χ3v) is 5.44. The summed E-state index contributed by atoms with van der Waals surface area (Å²) in [6, 6.07) is 4.13. The number of nitrogens with one attached hydrogen (secondary N) is 1. The van der Waals surface area contributed by atoms with Crippen LogP contribution < -0.4 is 9.46 Å². The molecule has 1 aromatic carbocycles. The molecule has 1 aromatic rings. The molecule has 1 atom stereocenters. The predicted molar refractivity (Wildman–Crippen MR) is 93.9 cm³/mol. The van der Waals surface area contributed by atoms with Gasteiger partial charge in [0.05, 0.1) is 12.4 Å². The molecule has 1 fully saturated rings. The maximum atomic E-state index is 13.9. The molecule has 0 amide bonds. The van der Waals surface area contributed by atoms with Crippen molar-refractivity contribution in [3.05, 3.63) is 42.2 Å².